The topological polar surface area (TPSA) is 273 Å². The van der Waals surface area contributed by atoms with Crippen LogP contribution >= 0.6 is 0 Å². The summed E-state index contributed by atoms with van der Waals surface area (Å²) in [5.74, 6) is -20.6. The second-order valence-corrected chi connectivity index (χ2v) is 9.67. The van der Waals surface area contributed by atoms with E-state index in [0.29, 0.717) is 17.0 Å². The largest absolute Gasteiger partial charge is 0.497 e. The molecule has 17 nitrogen and oxygen atoms in total. The summed E-state index contributed by atoms with van der Waals surface area (Å²) in [5, 5.41) is 84.5. The lowest BCUT2D eigenvalue weighted by Crippen LogP contribution is -2.88. The van der Waals surface area contributed by atoms with E-state index in [1.54, 1.807) is 24.3 Å². The van der Waals surface area contributed by atoms with Crippen molar-refractivity contribution in [2.75, 3.05) is 23.5 Å². The van der Waals surface area contributed by atoms with E-state index in [4.69, 9.17) is 10.5 Å². The molecule has 0 radical (unpaired) electrons. The Morgan fingerprint density at radius 3 is 1.95 bits per heavy atom. The molecule has 0 atom stereocenters. The van der Waals surface area contributed by atoms with Gasteiger partial charge in [-0.25, -0.2) is 4.68 Å². The minimum atomic E-state index is -4.54. The molecule has 3 amide bonds. The third-order valence-corrected chi connectivity index (χ3v) is 7.24. The predicted molar refractivity (Wildman–Crippen MR) is 137 cm³/mol. The summed E-state index contributed by atoms with van der Waals surface area (Å²) in [6.07, 6.45) is 0.155. The van der Waals surface area contributed by atoms with Crippen molar-refractivity contribution in [2.45, 2.75) is 29.7 Å². The first kappa shape index (κ1) is 29.0. The van der Waals surface area contributed by atoms with E-state index in [1.807, 2.05) is 0 Å². The number of carbonyl (C=O) groups excluding carboxylic acids is 3. The van der Waals surface area contributed by atoms with E-state index in [0.717, 1.165) is 12.1 Å². The molecule has 0 saturated carbocycles. The number of benzene rings is 2. The Labute approximate surface area is 235 Å². The predicted octanol–water partition coefficient (Wildman–Crippen LogP) is -3.79. The van der Waals surface area contributed by atoms with Crippen molar-refractivity contribution in [3.63, 3.8) is 0 Å². The maximum absolute atomic E-state index is 13.7. The molecule has 0 spiro atoms. The van der Waals surface area contributed by atoms with Gasteiger partial charge in [0.2, 0.25) is 0 Å². The Bertz CT molecular complexity index is 1590. The average Bonchev–Trinajstić information content (AvgIpc) is 3.34. The number of piperidine rings is 1. The number of nitrogens with zero attached hydrogens (tertiary/aromatic N) is 4. The van der Waals surface area contributed by atoms with E-state index < -0.39 is 46.7 Å². The molecule has 2 aromatic carbocycles. The number of methoxy groups -OCH3 is 1. The van der Waals surface area contributed by atoms with Gasteiger partial charge < -0.3 is 56.2 Å². The lowest BCUT2D eigenvalue weighted by molar-refractivity contribution is -0.505. The van der Waals surface area contributed by atoms with Gasteiger partial charge in [-0.2, -0.15) is 5.10 Å². The zero-order valence-corrected chi connectivity index (χ0v) is 21.6. The Morgan fingerprint density at radius 1 is 0.857 bits per heavy atom. The van der Waals surface area contributed by atoms with Gasteiger partial charge in [0.15, 0.2) is 5.69 Å². The van der Waals surface area contributed by atoms with Crippen molar-refractivity contribution in [1.29, 1.82) is 0 Å². The van der Waals surface area contributed by atoms with Crippen LogP contribution in [-0.2, 0) is 11.2 Å². The molecule has 42 heavy (non-hydrogen) atoms. The van der Waals surface area contributed by atoms with Crippen molar-refractivity contribution in [3.8, 4) is 11.4 Å². The number of carbonyl (C=O) groups is 3. The van der Waals surface area contributed by atoms with Crippen LogP contribution in [0.15, 0.2) is 48.5 Å². The van der Waals surface area contributed by atoms with E-state index in [-0.39, 0.29) is 34.9 Å². The normalized spacial score (nSPS) is 20.3. The summed E-state index contributed by atoms with van der Waals surface area (Å²) in [6.45, 7) is 0.0384. The Balaban J connectivity index is 1.52. The highest BCUT2D eigenvalue weighted by Crippen LogP contribution is 2.45. The van der Waals surface area contributed by atoms with Crippen molar-refractivity contribution in [2.24, 2.45) is 5.73 Å². The molecule has 1 aromatic heterocycles. The second-order valence-electron chi connectivity index (χ2n) is 9.67. The Morgan fingerprint density at radius 2 is 1.40 bits per heavy atom. The van der Waals surface area contributed by atoms with Gasteiger partial charge in [-0.05, 0) is 55.0 Å². The van der Waals surface area contributed by atoms with E-state index in [2.05, 4.69) is 5.10 Å². The maximum Gasteiger partial charge on any atom is 0.316 e. The second kappa shape index (κ2) is 9.28. The number of nitrogens with two attached hydrogens (primary N) is 1. The van der Waals surface area contributed by atoms with Gasteiger partial charge in [-0.1, -0.05) is 0 Å². The minimum absolute atomic E-state index is 0.0384. The van der Waals surface area contributed by atoms with E-state index in [9.17, 15) is 55.2 Å². The number of hydrogen-bond acceptors (Lipinski definition) is 13. The molecule has 3 aromatic rings. The van der Waals surface area contributed by atoms with Crippen LogP contribution in [0.2, 0.25) is 0 Å². The summed E-state index contributed by atoms with van der Waals surface area (Å²) in [4.78, 5) is 39.5. The Kier molecular flexibility index (Phi) is 6.41. The highest BCUT2D eigenvalue weighted by Gasteiger charge is 2.80. The van der Waals surface area contributed by atoms with Crippen molar-refractivity contribution < 1.29 is 60.0 Å². The molecular formula is C25H25N5O12. The number of fused-ring (bicyclic) bond motifs is 1. The molecule has 1 saturated heterocycles. The first-order chi connectivity index (χ1) is 19.5. The summed E-state index contributed by atoms with van der Waals surface area (Å²) in [6, 6.07) is 10.9. The van der Waals surface area contributed by atoms with Crippen LogP contribution in [0.25, 0.3) is 5.69 Å². The van der Waals surface area contributed by atoms with Gasteiger partial charge in [0, 0.05) is 23.5 Å². The van der Waals surface area contributed by atoms with Crippen LogP contribution in [0.4, 0.5) is 11.4 Å². The van der Waals surface area contributed by atoms with Gasteiger partial charge in [-0.3, -0.25) is 19.3 Å². The van der Waals surface area contributed by atoms with Crippen molar-refractivity contribution in [3.05, 3.63) is 65.5 Å². The molecule has 2 aliphatic rings. The zero-order valence-electron chi connectivity index (χ0n) is 21.6. The fourth-order valence-electron chi connectivity index (χ4n) is 4.87. The molecule has 0 bridgehead atoms. The van der Waals surface area contributed by atoms with Crippen LogP contribution in [0, 0.1) is 0 Å². The minimum Gasteiger partial charge on any atom is -0.497 e. The fourth-order valence-corrected chi connectivity index (χ4v) is 4.87. The molecule has 0 unspecified atom stereocenters. The van der Waals surface area contributed by atoms with E-state index in [1.165, 1.54) is 28.8 Å². The third-order valence-electron chi connectivity index (χ3n) is 7.24. The average molecular weight is 587 g/mol. The number of primary amides is 1. The van der Waals surface area contributed by atoms with Crippen LogP contribution < -0.4 is 20.3 Å². The summed E-state index contributed by atoms with van der Waals surface area (Å²) < 4.78 is 6.41. The number of hydrogen-bond donors (Lipinski definition) is 9. The quantitative estimate of drug-likeness (QED) is 0.130. The Hall–Kier alpha value is -4.46. The summed E-state index contributed by atoms with van der Waals surface area (Å²) in [7, 11) is 1.48. The van der Waals surface area contributed by atoms with Crippen LogP contribution in [-0.4, -0.2) is 105 Å². The molecular weight excluding hydrogens is 562 g/mol. The van der Waals surface area contributed by atoms with Gasteiger partial charge in [-0.15, -0.1) is 0 Å². The van der Waals surface area contributed by atoms with Crippen LogP contribution in [0.1, 0.15) is 26.5 Å². The molecule has 10 N–H and O–H groups in total. The monoisotopic (exact) mass is 587 g/mol. The first-order valence-corrected chi connectivity index (χ1v) is 12.1. The lowest BCUT2D eigenvalue weighted by Gasteiger charge is -2.55. The summed E-state index contributed by atoms with van der Waals surface area (Å²) in [5.41, 5.74) is 5.81. The molecule has 5 rings (SSSR count). The zero-order chi connectivity index (χ0) is 31.0. The standard InChI is InChI=1S/C25H25N5O12/c1-42-15-8-6-14(7-9-15)30-18-16(17(27-30)19(26)31)10-11-28(20(18)32)12-2-4-13(5-3-12)29-21(33)22(34,35)23(36,37)24(38,39)25(29,40)41/h2-9,34-41H,10-11H2,1H3,(H2,26,31). The van der Waals surface area contributed by atoms with Gasteiger partial charge in [0.05, 0.1) is 12.8 Å². The number of aromatic nitrogens is 2. The maximum atomic E-state index is 13.7. The number of aliphatic hydroxyl groups is 8. The van der Waals surface area contributed by atoms with Crippen molar-refractivity contribution >= 4 is 29.1 Å². The SMILES string of the molecule is COc1ccc(-n2nc(C(N)=O)c3c2C(=O)N(c2ccc(N4C(=O)C(O)(O)C(O)(O)C(O)(O)C4(O)O)cc2)CC3)cc1. The number of ether oxygens (including phenoxy) is 1. The highest BCUT2D eigenvalue weighted by molar-refractivity contribution is 6.10. The van der Waals surface area contributed by atoms with E-state index >= 15 is 0 Å². The highest BCUT2D eigenvalue weighted by atomic mass is 16.7. The third kappa shape index (κ3) is 3.81. The van der Waals surface area contributed by atoms with Crippen LogP contribution in [0.3, 0.4) is 0 Å². The smallest absolute Gasteiger partial charge is 0.316 e. The number of rotatable bonds is 5. The molecule has 17 heteroatoms. The van der Waals surface area contributed by atoms with Crippen molar-refractivity contribution in [1.82, 2.24) is 9.78 Å². The lowest BCUT2D eigenvalue weighted by atomic mass is 9.86. The van der Waals surface area contributed by atoms with Gasteiger partial charge in [0.1, 0.15) is 11.4 Å². The summed E-state index contributed by atoms with van der Waals surface area (Å²) >= 11 is 0. The van der Waals surface area contributed by atoms with Crippen LogP contribution in [0.5, 0.6) is 5.75 Å². The number of anilines is 2. The number of amides is 3. The molecule has 0 aliphatic carbocycles. The first-order valence-electron chi connectivity index (χ1n) is 12.1. The fraction of sp³-hybridized carbons (Fsp3) is 0.280. The molecule has 3 heterocycles. The molecule has 222 valence electrons. The van der Waals surface area contributed by atoms with Gasteiger partial charge >= 0.3 is 17.5 Å². The molecule has 2 aliphatic heterocycles. The van der Waals surface area contributed by atoms with Gasteiger partial charge in [0.25, 0.3) is 23.5 Å². The molecule has 1 fully saturated rings.